The number of likely N-dealkylation sites (tertiary alicyclic amines) is 1. The lowest BCUT2D eigenvalue weighted by Gasteiger charge is -2.36. The molecule has 104 valence electrons. The first-order valence-corrected chi connectivity index (χ1v) is 8.22. The number of piperidine rings is 1. The van der Waals surface area contributed by atoms with Crippen LogP contribution in [0.2, 0.25) is 0 Å². The van der Waals surface area contributed by atoms with Crippen LogP contribution in [-0.4, -0.2) is 47.5 Å². The van der Waals surface area contributed by atoms with Gasteiger partial charge in [-0.1, -0.05) is 25.6 Å². The molecular formula is C14H27N3S. The predicted molar refractivity (Wildman–Crippen MR) is 81.4 cm³/mol. The van der Waals surface area contributed by atoms with Gasteiger partial charge >= 0.3 is 0 Å². The minimum Gasteiger partial charge on any atom is -0.362 e. The van der Waals surface area contributed by atoms with Gasteiger partial charge in [0.2, 0.25) is 0 Å². The summed E-state index contributed by atoms with van der Waals surface area (Å²) in [5, 5.41) is 4.88. The number of hydrogen-bond donors (Lipinski definition) is 1. The highest BCUT2D eigenvalue weighted by molar-refractivity contribution is 8.13. The SMILES string of the molecule is CC(C)C1CCSC(NC2CCN(C)C(C)C2)=N1. The molecule has 3 atom stereocenters. The molecular weight excluding hydrogens is 242 g/mol. The molecule has 18 heavy (non-hydrogen) atoms. The van der Waals surface area contributed by atoms with Gasteiger partial charge in [0, 0.05) is 24.4 Å². The lowest BCUT2D eigenvalue weighted by atomic mass is 9.99. The molecule has 2 heterocycles. The van der Waals surface area contributed by atoms with Gasteiger partial charge < -0.3 is 10.2 Å². The minimum absolute atomic E-state index is 0.525. The zero-order chi connectivity index (χ0) is 13.1. The van der Waals surface area contributed by atoms with E-state index >= 15 is 0 Å². The van der Waals surface area contributed by atoms with E-state index < -0.39 is 0 Å². The molecule has 2 aliphatic heterocycles. The van der Waals surface area contributed by atoms with E-state index in [0.717, 1.165) is 0 Å². The molecule has 0 radical (unpaired) electrons. The summed E-state index contributed by atoms with van der Waals surface area (Å²) in [5.74, 6) is 1.88. The lowest BCUT2D eigenvalue weighted by molar-refractivity contribution is 0.177. The van der Waals surface area contributed by atoms with Crippen LogP contribution in [0.4, 0.5) is 0 Å². The highest BCUT2D eigenvalue weighted by Gasteiger charge is 2.25. The maximum Gasteiger partial charge on any atom is 0.157 e. The second-order valence-electron chi connectivity index (χ2n) is 6.08. The minimum atomic E-state index is 0.525. The van der Waals surface area contributed by atoms with Crippen molar-refractivity contribution >= 4 is 16.9 Å². The topological polar surface area (TPSA) is 27.6 Å². The van der Waals surface area contributed by atoms with Crippen molar-refractivity contribution in [2.24, 2.45) is 10.9 Å². The largest absolute Gasteiger partial charge is 0.362 e. The summed E-state index contributed by atoms with van der Waals surface area (Å²) >= 11 is 1.91. The molecule has 0 aromatic rings. The van der Waals surface area contributed by atoms with Crippen molar-refractivity contribution in [2.45, 2.75) is 58.2 Å². The fourth-order valence-electron chi connectivity index (χ4n) is 2.69. The Morgan fingerprint density at radius 2 is 2.17 bits per heavy atom. The first-order valence-electron chi connectivity index (χ1n) is 7.23. The van der Waals surface area contributed by atoms with Gasteiger partial charge in [0.05, 0.1) is 6.04 Å². The Hall–Kier alpha value is -0.220. The molecule has 1 saturated heterocycles. The molecule has 0 aliphatic carbocycles. The number of amidine groups is 1. The van der Waals surface area contributed by atoms with Gasteiger partial charge in [-0.3, -0.25) is 4.99 Å². The number of rotatable bonds is 2. The molecule has 0 amide bonds. The smallest absolute Gasteiger partial charge is 0.157 e. The molecule has 4 heteroatoms. The van der Waals surface area contributed by atoms with E-state index in [1.165, 1.54) is 36.7 Å². The summed E-state index contributed by atoms with van der Waals surface area (Å²) in [6.45, 7) is 8.07. The van der Waals surface area contributed by atoms with Crippen molar-refractivity contribution in [3.8, 4) is 0 Å². The van der Waals surface area contributed by atoms with Gasteiger partial charge in [0.1, 0.15) is 0 Å². The second-order valence-corrected chi connectivity index (χ2v) is 7.16. The molecule has 1 fully saturated rings. The summed E-state index contributed by atoms with van der Waals surface area (Å²) in [6.07, 6.45) is 3.71. The Morgan fingerprint density at radius 3 is 2.83 bits per heavy atom. The van der Waals surface area contributed by atoms with Crippen LogP contribution in [0.5, 0.6) is 0 Å². The standard InChI is InChI=1S/C14H27N3S/c1-10(2)13-6-8-18-14(16-13)15-12-5-7-17(4)11(3)9-12/h10-13H,5-9H2,1-4H3,(H,15,16). The van der Waals surface area contributed by atoms with E-state index in [0.29, 0.717) is 24.0 Å². The third kappa shape index (κ3) is 3.64. The van der Waals surface area contributed by atoms with Gasteiger partial charge in [0.25, 0.3) is 0 Å². The van der Waals surface area contributed by atoms with Gasteiger partial charge in [-0.2, -0.15) is 0 Å². The van der Waals surface area contributed by atoms with E-state index in [-0.39, 0.29) is 0 Å². The Labute approximate surface area is 116 Å². The Kier molecular flexibility index (Phi) is 4.96. The van der Waals surface area contributed by atoms with E-state index in [4.69, 9.17) is 4.99 Å². The maximum absolute atomic E-state index is 4.87. The van der Waals surface area contributed by atoms with Gasteiger partial charge in [0.15, 0.2) is 5.17 Å². The Balaban J connectivity index is 1.89. The van der Waals surface area contributed by atoms with Crippen LogP contribution in [0.3, 0.4) is 0 Å². The van der Waals surface area contributed by atoms with Crippen LogP contribution in [-0.2, 0) is 0 Å². The summed E-state index contributed by atoms with van der Waals surface area (Å²) in [5.41, 5.74) is 0. The molecule has 1 N–H and O–H groups in total. The molecule has 0 aromatic heterocycles. The molecule has 0 aromatic carbocycles. The number of aliphatic imine (C=N–C) groups is 1. The highest BCUT2D eigenvalue weighted by Crippen LogP contribution is 2.23. The summed E-state index contributed by atoms with van der Waals surface area (Å²) < 4.78 is 0. The highest BCUT2D eigenvalue weighted by atomic mass is 32.2. The van der Waals surface area contributed by atoms with Crippen LogP contribution in [0.1, 0.15) is 40.0 Å². The predicted octanol–water partition coefficient (Wildman–Crippen LogP) is 2.58. The monoisotopic (exact) mass is 269 g/mol. The van der Waals surface area contributed by atoms with E-state index in [2.05, 4.69) is 38.0 Å². The fourth-order valence-corrected chi connectivity index (χ4v) is 3.70. The number of nitrogens with one attached hydrogen (secondary N) is 1. The Bertz CT molecular complexity index is 303. The fraction of sp³-hybridized carbons (Fsp3) is 0.929. The summed E-state index contributed by atoms with van der Waals surface area (Å²) in [4.78, 5) is 7.32. The normalized spacial score (nSPS) is 34.5. The number of thioether (sulfide) groups is 1. The van der Waals surface area contributed by atoms with Crippen molar-refractivity contribution in [3.05, 3.63) is 0 Å². The quantitative estimate of drug-likeness (QED) is 0.835. The van der Waals surface area contributed by atoms with Gasteiger partial charge in [-0.05, 0) is 39.2 Å². The van der Waals surface area contributed by atoms with Crippen molar-refractivity contribution in [1.29, 1.82) is 0 Å². The van der Waals surface area contributed by atoms with Crippen molar-refractivity contribution in [3.63, 3.8) is 0 Å². The molecule has 2 aliphatic rings. The third-order valence-corrected chi connectivity index (χ3v) is 5.18. The average Bonchev–Trinajstić information content (AvgIpc) is 2.34. The molecule has 2 rings (SSSR count). The first kappa shape index (κ1) is 14.2. The van der Waals surface area contributed by atoms with Crippen LogP contribution in [0.25, 0.3) is 0 Å². The summed E-state index contributed by atoms with van der Waals surface area (Å²) in [7, 11) is 2.22. The van der Waals surface area contributed by atoms with Crippen LogP contribution < -0.4 is 5.32 Å². The van der Waals surface area contributed by atoms with Crippen LogP contribution in [0.15, 0.2) is 4.99 Å². The first-order chi connectivity index (χ1) is 8.56. The third-order valence-electron chi connectivity index (χ3n) is 4.24. The number of hydrogen-bond acceptors (Lipinski definition) is 4. The van der Waals surface area contributed by atoms with Gasteiger partial charge in [-0.25, -0.2) is 0 Å². The molecule has 3 nitrogen and oxygen atoms in total. The number of nitrogens with zero attached hydrogens (tertiary/aromatic N) is 2. The molecule has 0 bridgehead atoms. The molecule has 0 saturated carbocycles. The van der Waals surface area contributed by atoms with Crippen LogP contribution in [0, 0.1) is 5.92 Å². The molecule has 0 spiro atoms. The zero-order valence-corrected chi connectivity index (χ0v) is 13.0. The van der Waals surface area contributed by atoms with E-state index in [1.807, 2.05) is 11.8 Å². The summed E-state index contributed by atoms with van der Waals surface area (Å²) in [6, 6.07) is 1.83. The Morgan fingerprint density at radius 1 is 1.39 bits per heavy atom. The maximum atomic E-state index is 4.87. The second kappa shape index (κ2) is 6.29. The zero-order valence-electron chi connectivity index (χ0n) is 12.1. The molecule has 3 unspecified atom stereocenters. The van der Waals surface area contributed by atoms with Crippen molar-refractivity contribution in [2.75, 3.05) is 19.3 Å². The van der Waals surface area contributed by atoms with Crippen molar-refractivity contribution < 1.29 is 0 Å². The lowest BCUT2D eigenvalue weighted by Crippen LogP contribution is -2.47. The average molecular weight is 269 g/mol. The van der Waals surface area contributed by atoms with Crippen LogP contribution >= 0.6 is 11.8 Å². The van der Waals surface area contributed by atoms with Crippen molar-refractivity contribution in [1.82, 2.24) is 10.2 Å². The van der Waals surface area contributed by atoms with Gasteiger partial charge in [-0.15, -0.1) is 0 Å². The van der Waals surface area contributed by atoms with E-state index in [1.54, 1.807) is 0 Å². The van der Waals surface area contributed by atoms with E-state index in [9.17, 15) is 0 Å².